The average molecular weight is 859 g/mol. The number of carbonyl (C=O) groups excluding carboxylic acids is 3. The Labute approximate surface area is 379 Å². The Morgan fingerprint density at radius 2 is 0.557 bits per heavy atom. The molecule has 6 nitrogen and oxygen atoms in total. The maximum absolute atomic E-state index is 12.8. The van der Waals surface area contributed by atoms with E-state index in [1.807, 2.05) is 0 Å². The SMILES string of the molecule is CCCC/C=C\CCCCCCCC(=O)OCC(COC(=O)CCCCCCCCCCCCCCCCCCC)OC(=O)CCCCCCCCC/C=C\CCCCCC. The maximum atomic E-state index is 12.8. The number of rotatable bonds is 49. The van der Waals surface area contributed by atoms with E-state index in [0.717, 1.165) is 64.2 Å². The van der Waals surface area contributed by atoms with Crippen molar-refractivity contribution in [2.24, 2.45) is 0 Å². The van der Waals surface area contributed by atoms with Gasteiger partial charge in [-0.3, -0.25) is 14.4 Å². The minimum atomic E-state index is -0.772. The summed E-state index contributed by atoms with van der Waals surface area (Å²) in [4.78, 5) is 38.0. The molecule has 0 radical (unpaired) electrons. The molecule has 0 N–H and O–H groups in total. The van der Waals surface area contributed by atoms with Gasteiger partial charge in [-0.1, -0.05) is 231 Å². The van der Waals surface area contributed by atoms with E-state index in [1.54, 1.807) is 0 Å². The maximum Gasteiger partial charge on any atom is 0.306 e. The highest BCUT2D eigenvalue weighted by Gasteiger charge is 2.19. The van der Waals surface area contributed by atoms with Crippen molar-refractivity contribution in [1.29, 1.82) is 0 Å². The fourth-order valence-corrected chi connectivity index (χ4v) is 7.83. The lowest BCUT2D eigenvalue weighted by molar-refractivity contribution is -0.167. The van der Waals surface area contributed by atoms with Crippen molar-refractivity contribution in [3.8, 4) is 0 Å². The molecular weight excluding hydrogens is 757 g/mol. The van der Waals surface area contributed by atoms with Gasteiger partial charge in [-0.25, -0.2) is 0 Å². The first-order valence-electron chi connectivity index (χ1n) is 26.8. The third-order valence-electron chi connectivity index (χ3n) is 11.9. The summed E-state index contributed by atoms with van der Waals surface area (Å²) in [7, 11) is 0. The van der Waals surface area contributed by atoms with Gasteiger partial charge in [0.25, 0.3) is 0 Å². The summed E-state index contributed by atoms with van der Waals surface area (Å²) in [5.41, 5.74) is 0. The molecule has 0 aliphatic heterocycles. The molecule has 0 bridgehead atoms. The van der Waals surface area contributed by atoms with Crippen LogP contribution >= 0.6 is 0 Å². The number of esters is 3. The van der Waals surface area contributed by atoms with Crippen molar-refractivity contribution in [3.05, 3.63) is 24.3 Å². The van der Waals surface area contributed by atoms with Crippen molar-refractivity contribution >= 4 is 17.9 Å². The Morgan fingerprint density at radius 3 is 0.885 bits per heavy atom. The molecule has 0 amide bonds. The van der Waals surface area contributed by atoms with E-state index in [4.69, 9.17) is 14.2 Å². The van der Waals surface area contributed by atoms with Crippen LogP contribution in [0.25, 0.3) is 0 Å². The minimum absolute atomic E-state index is 0.0717. The van der Waals surface area contributed by atoms with Crippen LogP contribution in [0.2, 0.25) is 0 Å². The second-order valence-corrected chi connectivity index (χ2v) is 18.1. The van der Waals surface area contributed by atoms with E-state index in [0.29, 0.717) is 19.3 Å². The average Bonchev–Trinajstić information content (AvgIpc) is 3.26. The van der Waals surface area contributed by atoms with Gasteiger partial charge in [0.2, 0.25) is 0 Å². The lowest BCUT2D eigenvalue weighted by Crippen LogP contribution is -2.30. The first kappa shape index (κ1) is 58.9. The summed E-state index contributed by atoms with van der Waals surface area (Å²) in [6.45, 7) is 6.61. The molecule has 0 fully saturated rings. The van der Waals surface area contributed by atoms with Gasteiger partial charge in [0, 0.05) is 19.3 Å². The van der Waals surface area contributed by atoms with Gasteiger partial charge in [0.05, 0.1) is 0 Å². The molecule has 0 aliphatic rings. The molecule has 0 saturated carbocycles. The van der Waals surface area contributed by atoms with Crippen LogP contribution in [0.1, 0.15) is 290 Å². The second kappa shape index (κ2) is 50.5. The van der Waals surface area contributed by atoms with Gasteiger partial charge in [0.1, 0.15) is 13.2 Å². The molecule has 1 atom stereocenters. The van der Waals surface area contributed by atoms with Crippen molar-refractivity contribution in [2.45, 2.75) is 297 Å². The fraction of sp³-hybridized carbons (Fsp3) is 0.873. The Morgan fingerprint density at radius 1 is 0.311 bits per heavy atom. The van der Waals surface area contributed by atoms with Gasteiger partial charge in [-0.2, -0.15) is 0 Å². The van der Waals surface area contributed by atoms with Crippen LogP contribution < -0.4 is 0 Å². The van der Waals surface area contributed by atoms with E-state index < -0.39 is 6.10 Å². The molecule has 0 aromatic carbocycles. The van der Waals surface area contributed by atoms with Crippen LogP contribution in [-0.2, 0) is 28.6 Å². The third kappa shape index (κ3) is 48.8. The molecule has 0 aromatic rings. The standard InChI is InChI=1S/C55H102O6/c1-4-7-10-13-16-19-22-24-26-27-29-30-33-36-39-42-45-48-54(57)60-51-52(50-59-53(56)47-44-41-38-35-32-21-18-15-12-9-6-3)61-55(58)49-46-43-40-37-34-31-28-25-23-20-17-14-11-8-5-2/h15,18,20,23,52H,4-14,16-17,19,21-22,24-51H2,1-3H3/b18-15-,23-20-. The summed E-state index contributed by atoms with van der Waals surface area (Å²) in [6, 6.07) is 0. The summed E-state index contributed by atoms with van der Waals surface area (Å²) in [5, 5.41) is 0. The molecule has 6 heteroatoms. The van der Waals surface area contributed by atoms with Crippen LogP contribution in [0.5, 0.6) is 0 Å². The quantitative estimate of drug-likeness (QED) is 0.0262. The molecule has 358 valence electrons. The van der Waals surface area contributed by atoms with Gasteiger partial charge >= 0.3 is 17.9 Å². The van der Waals surface area contributed by atoms with Gasteiger partial charge in [0.15, 0.2) is 6.10 Å². The monoisotopic (exact) mass is 859 g/mol. The van der Waals surface area contributed by atoms with E-state index >= 15 is 0 Å². The van der Waals surface area contributed by atoms with Gasteiger partial charge < -0.3 is 14.2 Å². The zero-order valence-corrected chi connectivity index (χ0v) is 40.9. The van der Waals surface area contributed by atoms with E-state index in [2.05, 4.69) is 45.1 Å². The van der Waals surface area contributed by atoms with Crippen molar-refractivity contribution in [3.63, 3.8) is 0 Å². The summed E-state index contributed by atoms with van der Waals surface area (Å²) >= 11 is 0. The highest BCUT2D eigenvalue weighted by Crippen LogP contribution is 2.16. The molecule has 0 saturated heterocycles. The zero-order chi connectivity index (χ0) is 44.4. The lowest BCUT2D eigenvalue weighted by atomic mass is 10.0. The smallest absolute Gasteiger partial charge is 0.306 e. The topological polar surface area (TPSA) is 78.9 Å². The molecule has 61 heavy (non-hydrogen) atoms. The fourth-order valence-electron chi connectivity index (χ4n) is 7.83. The molecule has 0 aromatic heterocycles. The molecule has 0 heterocycles. The molecule has 1 unspecified atom stereocenters. The second-order valence-electron chi connectivity index (χ2n) is 18.1. The van der Waals surface area contributed by atoms with Crippen molar-refractivity contribution < 1.29 is 28.6 Å². The van der Waals surface area contributed by atoms with Crippen LogP contribution in [-0.4, -0.2) is 37.2 Å². The molecule has 0 rings (SSSR count). The van der Waals surface area contributed by atoms with Gasteiger partial charge in [-0.05, 0) is 64.2 Å². The number of ether oxygens (including phenoxy) is 3. The molecule has 0 aliphatic carbocycles. The van der Waals surface area contributed by atoms with Gasteiger partial charge in [-0.15, -0.1) is 0 Å². The zero-order valence-electron chi connectivity index (χ0n) is 40.9. The van der Waals surface area contributed by atoms with E-state index in [9.17, 15) is 14.4 Å². The predicted octanol–water partition coefficient (Wildman–Crippen LogP) is 17.5. The normalized spacial score (nSPS) is 12.1. The first-order valence-corrected chi connectivity index (χ1v) is 26.8. The predicted molar refractivity (Wildman–Crippen MR) is 261 cm³/mol. The van der Waals surface area contributed by atoms with Crippen molar-refractivity contribution in [1.82, 2.24) is 0 Å². The Balaban J connectivity index is 4.31. The largest absolute Gasteiger partial charge is 0.462 e. The summed E-state index contributed by atoms with van der Waals surface area (Å²) < 4.78 is 16.8. The minimum Gasteiger partial charge on any atom is -0.462 e. The number of hydrogen-bond donors (Lipinski definition) is 0. The summed E-state index contributed by atoms with van der Waals surface area (Å²) in [6.07, 6.45) is 57.3. The molecular formula is C55H102O6. The van der Waals surface area contributed by atoms with Crippen LogP contribution in [0.3, 0.4) is 0 Å². The first-order chi connectivity index (χ1) is 30.0. The summed E-state index contributed by atoms with van der Waals surface area (Å²) in [5.74, 6) is -0.872. The van der Waals surface area contributed by atoms with Crippen LogP contribution in [0.15, 0.2) is 24.3 Å². The number of unbranched alkanes of at least 4 members (excludes halogenated alkanes) is 34. The van der Waals surface area contributed by atoms with E-state index in [-0.39, 0.29) is 31.1 Å². The number of allylic oxidation sites excluding steroid dienone is 4. The van der Waals surface area contributed by atoms with Crippen LogP contribution in [0, 0.1) is 0 Å². The number of carbonyl (C=O) groups is 3. The Hall–Kier alpha value is -2.11. The molecule has 0 spiro atoms. The van der Waals surface area contributed by atoms with E-state index in [1.165, 1.54) is 186 Å². The van der Waals surface area contributed by atoms with Crippen molar-refractivity contribution in [2.75, 3.05) is 13.2 Å². The third-order valence-corrected chi connectivity index (χ3v) is 11.9. The Kier molecular flexibility index (Phi) is 48.8. The Bertz CT molecular complexity index is 989. The number of hydrogen-bond acceptors (Lipinski definition) is 6. The highest BCUT2D eigenvalue weighted by molar-refractivity contribution is 5.71. The van der Waals surface area contributed by atoms with Crippen LogP contribution in [0.4, 0.5) is 0 Å². The lowest BCUT2D eigenvalue weighted by Gasteiger charge is -2.18. The highest BCUT2D eigenvalue weighted by atomic mass is 16.6.